The molecule has 0 saturated carbocycles. The quantitative estimate of drug-likeness (QED) is 0.712. The first-order chi connectivity index (χ1) is 16.2. The highest BCUT2D eigenvalue weighted by atomic mass is 19.1. The number of likely N-dealkylation sites (tertiary alicyclic amines) is 1. The molecule has 2 aromatic carbocycles. The molecule has 180 valence electrons. The van der Waals surface area contributed by atoms with Gasteiger partial charge in [-0.1, -0.05) is 42.5 Å². The molecule has 6 nitrogen and oxygen atoms in total. The van der Waals surface area contributed by atoms with E-state index in [9.17, 15) is 18.8 Å². The zero-order chi connectivity index (χ0) is 24.3. The normalized spacial score (nSPS) is 20.0. The molecule has 2 heterocycles. The molecule has 0 aromatic heterocycles. The molecule has 4 rings (SSSR count). The number of rotatable bonds is 5. The van der Waals surface area contributed by atoms with Crippen LogP contribution in [0.4, 0.5) is 4.39 Å². The Morgan fingerprint density at radius 3 is 2.50 bits per heavy atom. The Bertz CT molecular complexity index is 1060. The van der Waals surface area contributed by atoms with Gasteiger partial charge in [-0.2, -0.15) is 0 Å². The van der Waals surface area contributed by atoms with Crippen LogP contribution in [0.15, 0.2) is 54.6 Å². The molecule has 0 bridgehead atoms. The van der Waals surface area contributed by atoms with Gasteiger partial charge in [-0.15, -0.1) is 0 Å². The number of benzene rings is 2. The van der Waals surface area contributed by atoms with Gasteiger partial charge in [0.1, 0.15) is 11.4 Å². The fraction of sp³-hybridized carbons (Fsp3) is 0.444. The van der Waals surface area contributed by atoms with Crippen molar-refractivity contribution >= 4 is 17.7 Å². The Labute approximate surface area is 199 Å². The van der Waals surface area contributed by atoms with Gasteiger partial charge in [0.15, 0.2) is 0 Å². The summed E-state index contributed by atoms with van der Waals surface area (Å²) in [7, 11) is 0. The van der Waals surface area contributed by atoms with Gasteiger partial charge in [-0.3, -0.25) is 14.4 Å². The van der Waals surface area contributed by atoms with Gasteiger partial charge in [0.05, 0.1) is 6.42 Å². The summed E-state index contributed by atoms with van der Waals surface area (Å²) in [5.41, 5.74) is 0.422. The van der Waals surface area contributed by atoms with Crippen LogP contribution in [0.2, 0.25) is 0 Å². The molecule has 1 spiro atoms. The molecule has 0 unspecified atom stereocenters. The molecule has 0 aliphatic carbocycles. The predicted molar refractivity (Wildman–Crippen MR) is 127 cm³/mol. The number of nitrogens with zero attached hydrogens (tertiary/aromatic N) is 1. The smallest absolute Gasteiger partial charge is 0.247 e. The lowest BCUT2D eigenvalue weighted by Crippen LogP contribution is -2.59. The standard InChI is InChI=1S/C27H32FN3O3/c1-26(2,30-23(32)15-19-7-4-3-5-8-19)25(34)31-13-11-27(12-14-31)17-24(33)29-18-22(27)20-9-6-10-21(28)16-20/h3-10,16,22H,11-15,17-18H2,1-2H3,(H,29,33)(H,30,32)/t22-/m0/s1. The van der Waals surface area contributed by atoms with Crippen molar-refractivity contribution in [3.63, 3.8) is 0 Å². The van der Waals surface area contributed by atoms with E-state index >= 15 is 0 Å². The van der Waals surface area contributed by atoms with Crippen LogP contribution in [-0.4, -0.2) is 47.8 Å². The summed E-state index contributed by atoms with van der Waals surface area (Å²) in [6, 6.07) is 16.0. The average Bonchev–Trinajstić information content (AvgIpc) is 2.79. The molecular weight excluding hydrogens is 433 g/mol. The Hall–Kier alpha value is -3.22. The van der Waals surface area contributed by atoms with Crippen molar-refractivity contribution in [2.45, 2.75) is 51.0 Å². The van der Waals surface area contributed by atoms with Crippen LogP contribution < -0.4 is 10.6 Å². The number of hydrogen-bond acceptors (Lipinski definition) is 3. The van der Waals surface area contributed by atoms with E-state index in [1.165, 1.54) is 6.07 Å². The summed E-state index contributed by atoms with van der Waals surface area (Å²) in [6.45, 7) is 4.92. The molecule has 0 radical (unpaired) electrons. The molecular formula is C27H32FN3O3. The van der Waals surface area contributed by atoms with E-state index in [2.05, 4.69) is 10.6 Å². The highest BCUT2D eigenvalue weighted by Gasteiger charge is 2.48. The Balaban J connectivity index is 1.42. The molecule has 7 heteroatoms. The molecule has 2 N–H and O–H groups in total. The largest absolute Gasteiger partial charge is 0.355 e. The maximum atomic E-state index is 13.9. The van der Waals surface area contributed by atoms with E-state index in [0.29, 0.717) is 38.9 Å². The molecule has 2 fully saturated rings. The van der Waals surface area contributed by atoms with E-state index in [4.69, 9.17) is 0 Å². The first-order valence-electron chi connectivity index (χ1n) is 11.8. The first-order valence-corrected chi connectivity index (χ1v) is 11.8. The van der Waals surface area contributed by atoms with Gasteiger partial charge in [-0.25, -0.2) is 4.39 Å². The summed E-state index contributed by atoms with van der Waals surface area (Å²) in [5, 5.41) is 5.82. The molecule has 2 aliphatic rings. The maximum Gasteiger partial charge on any atom is 0.247 e. The number of nitrogens with one attached hydrogen (secondary N) is 2. The summed E-state index contributed by atoms with van der Waals surface area (Å²) in [4.78, 5) is 40.0. The van der Waals surface area contributed by atoms with E-state index < -0.39 is 5.54 Å². The number of piperidine rings is 2. The van der Waals surface area contributed by atoms with Crippen molar-refractivity contribution in [3.8, 4) is 0 Å². The fourth-order valence-electron chi connectivity index (χ4n) is 5.44. The topological polar surface area (TPSA) is 78.5 Å². The zero-order valence-electron chi connectivity index (χ0n) is 19.8. The molecule has 2 aromatic rings. The fourth-order valence-corrected chi connectivity index (χ4v) is 5.44. The lowest BCUT2D eigenvalue weighted by atomic mass is 9.62. The summed E-state index contributed by atoms with van der Waals surface area (Å²) in [5.74, 6) is -0.623. The minimum absolute atomic E-state index is 0.000866. The molecule has 2 saturated heterocycles. The van der Waals surface area contributed by atoms with Gasteiger partial charge in [-0.05, 0) is 55.4 Å². The van der Waals surface area contributed by atoms with Crippen LogP contribution in [0, 0.1) is 11.2 Å². The number of halogens is 1. The third-order valence-electron chi connectivity index (χ3n) is 7.25. The van der Waals surface area contributed by atoms with Crippen molar-refractivity contribution in [2.24, 2.45) is 5.41 Å². The Kier molecular flexibility index (Phi) is 6.73. The van der Waals surface area contributed by atoms with Crippen LogP contribution in [0.3, 0.4) is 0 Å². The number of carbonyl (C=O) groups is 3. The van der Waals surface area contributed by atoms with Crippen molar-refractivity contribution < 1.29 is 18.8 Å². The molecule has 1 atom stereocenters. The second kappa shape index (κ2) is 9.57. The highest BCUT2D eigenvalue weighted by Crippen LogP contribution is 2.49. The van der Waals surface area contributed by atoms with Crippen molar-refractivity contribution in [1.29, 1.82) is 0 Å². The van der Waals surface area contributed by atoms with Crippen LogP contribution in [-0.2, 0) is 20.8 Å². The third kappa shape index (κ3) is 5.13. The van der Waals surface area contributed by atoms with E-state index in [1.807, 2.05) is 36.4 Å². The molecule has 3 amide bonds. The number of carbonyl (C=O) groups excluding carboxylic acids is 3. The molecule has 34 heavy (non-hydrogen) atoms. The SMILES string of the molecule is CC(C)(NC(=O)Cc1ccccc1)C(=O)N1CCC2(CC1)CC(=O)NC[C@H]2c1cccc(F)c1. The van der Waals surface area contributed by atoms with Crippen molar-refractivity contribution in [2.75, 3.05) is 19.6 Å². The second-order valence-corrected chi connectivity index (χ2v) is 10.1. The summed E-state index contributed by atoms with van der Waals surface area (Å²) >= 11 is 0. The van der Waals surface area contributed by atoms with Crippen LogP contribution in [0.5, 0.6) is 0 Å². The maximum absolute atomic E-state index is 13.9. The van der Waals surface area contributed by atoms with Gasteiger partial charge >= 0.3 is 0 Å². The van der Waals surface area contributed by atoms with E-state index in [-0.39, 0.29) is 41.3 Å². The summed E-state index contributed by atoms with van der Waals surface area (Å²) in [6.07, 6.45) is 1.89. The lowest BCUT2D eigenvalue weighted by Gasteiger charge is -2.49. The van der Waals surface area contributed by atoms with Crippen LogP contribution >= 0.6 is 0 Å². The minimum atomic E-state index is -1.04. The predicted octanol–water partition coefficient (Wildman–Crippen LogP) is 3.18. The van der Waals surface area contributed by atoms with Gasteiger partial charge in [0, 0.05) is 32.0 Å². The van der Waals surface area contributed by atoms with Gasteiger partial charge < -0.3 is 15.5 Å². The minimum Gasteiger partial charge on any atom is -0.355 e. The molecule has 2 aliphatic heterocycles. The third-order valence-corrected chi connectivity index (χ3v) is 7.25. The van der Waals surface area contributed by atoms with Crippen molar-refractivity contribution in [3.05, 3.63) is 71.5 Å². The zero-order valence-corrected chi connectivity index (χ0v) is 19.8. The number of amides is 3. The van der Waals surface area contributed by atoms with Gasteiger partial charge in [0.25, 0.3) is 0 Å². The average molecular weight is 466 g/mol. The van der Waals surface area contributed by atoms with Crippen LogP contribution in [0.1, 0.15) is 50.2 Å². The summed E-state index contributed by atoms with van der Waals surface area (Å²) < 4.78 is 13.9. The van der Waals surface area contributed by atoms with Crippen LogP contribution in [0.25, 0.3) is 0 Å². The number of hydrogen-bond donors (Lipinski definition) is 2. The monoisotopic (exact) mass is 465 g/mol. The Morgan fingerprint density at radius 2 is 1.82 bits per heavy atom. The van der Waals surface area contributed by atoms with E-state index in [0.717, 1.165) is 11.1 Å². The van der Waals surface area contributed by atoms with Crippen molar-refractivity contribution in [1.82, 2.24) is 15.5 Å². The Morgan fingerprint density at radius 1 is 1.12 bits per heavy atom. The van der Waals surface area contributed by atoms with Gasteiger partial charge in [0.2, 0.25) is 17.7 Å². The van der Waals surface area contributed by atoms with E-state index in [1.54, 1.807) is 30.9 Å². The lowest BCUT2D eigenvalue weighted by molar-refractivity contribution is -0.143. The first kappa shape index (κ1) is 23.9. The highest BCUT2D eigenvalue weighted by molar-refractivity contribution is 5.91. The second-order valence-electron chi connectivity index (χ2n) is 10.1.